The lowest BCUT2D eigenvalue weighted by atomic mass is 10.1. The molecule has 0 saturated heterocycles. The van der Waals surface area contributed by atoms with Crippen LogP contribution < -0.4 is 5.73 Å². The molecule has 2 aromatic rings. The van der Waals surface area contributed by atoms with E-state index in [1.807, 2.05) is 17.6 Å². The third-order valence-electron chi connectivity index (χ3n) is 2.26. The zero-order valence-corrected chi connectivity index (χ0v) is 9.70. The van der Waals surface area contributed by atoms with Gasteiger partial charge in [0.2, 0.25) is 0 Å². The molecule has 0 aliphatic rings. The van der Waals surface area contributed by atoms with Gasteiger partial charge in [-0.05, 0) is 24.4 Å². The molecule has 0 saturated carbocycles. The SMILES string of the molecule is C#CCn1cc(CCN)c(-c2cccs2)n1. The summed E-state index contributed by atoms with van der Waals surface area (Å²) in [6.07, 6.45) is 8.10. The van der Waals surface area contributed by atoms with Crippen molar-refractivity contribution < 1.29 is 0 Å². The van der Waals surface area contributed by atoms with Gasteiger partial charge in [-0.1, -0.05) is 12.0 Å². The summed E-state index contributed by atoms with van der Waals surface area (Å²) >= 11 is 1.68. The highest BCUT2D eigenvalue weighted by molar-refractivity contribution is 7.13. The highest BCUT2D eigenvalue weighted by Crippen LogP contribution is 2.26. The largest absolute Gasteiger partial charge is 0.330 e. The molecule has 0 amide bonds. The molecule has 0 unspecified atom stereocenters. The smallest absolute Gasteiger partial charge is 0.106 e. The monoisotopic (exact) mass is 231 g/mol. The van der Waals surface area contributed by atoms with Crippen molar-refractivity contribution in [3.63, 3.8) is 0 Å². The minimum Gasteiger partial charge on any atom is -0.330 e. The standard InChI is InChI=1S/C12H13N3S/c1-2-7-15-9-10(5-6-13)12(14-15)11-4-3-8-16-11/h1,3-4,8-9H,5-7,13H2. The average Bonchev–Trinajstić information content (AvgIpc) is 2.87. The van der Waals surface area contributed by atoms with E-state index in [2.05, 4.69) is 17.1 Å². The van der Waals surface area contributed by atoms with Gasteiger partial charge in [-0.3, -0.25) is 4.68 Å². The maximum atomic E-state index is 5.59. The Kier molecular flexibility index (Phi) is 3.40. The second kappa shape index (κ2) is 4.97. The van der Waals surface area contributed by atoms with Crippen LogP contribution in [0, 0.1) is 12.3 Å². The number of aromatic nitrogens is 2. The van der Waals surface area contributed by atoms with Crippen LogP contribution in [0.2, 0.25) is 0 Å². The predicted molar refractivity (Wildman–Crippen MR) is 67.1 cm³/mol. The summed E-state index contributed by atoms with van der Waals surface area (Å²) < 4.78 is 1.79. The minimum atomic E-state index is 0.503. The van der Waals surface area contributed by atoms with Crippen LogP contribution in [0.25, 0.3) is 10.6 Å². The minimum absolute atomic E-state index is 0.503. The molecule has 82 valence electrons. The topological polar surface area (TPSA) is 43.8 Å². The van der Waals surface area contributed by atoms with Crippen LogP contribution in [0.1, 0.15) is 5.56 Å². The van der Waals surface area contributed by atoms with Crippen molar-refractivity contribution in [2.75, 3.05) is 6.54 Å². The van der Waals surface area contributed by atoms with Crippen molar-refractivity contribution in [3.8, 4) is 22.9 Å². The summed E-state index contributed by atoms with van der Waals surface area (Å²) in [6.45, 7) is 1.13. The van der Waals surface area contributed by atoms with Gasteiger partial charge >= 0.3 is 0 Å². The van der Waals surface area contributed by atoms with E-state index < -0.39 is 0 Å². The van der Waals surface area contributed by atoms with Crippen molar-refractivity contribution in [1.82, 2.24) is 9.78 Å². The molecule has 16 heavy (non-hydrogen) atoms. The Labute approximate surface area is 98.9 Å². The highest BCUT2D eigenvalue weighted by atomic mass is 32.1. The first-order valence-corrected chi connectivity index (χ1v) is 5.97. The van der Waals surface area contributed by atoms with Gasteiger partial charge in [-0.2, -0.15) is 5.10 Å². The van der Waals surface area contributed by atoms with Crippen LogP contribution in [0.3, 0.4) is 0 Å². The third-order valence-corrected chi connectivity index (χ3v) is 3.14. The van der Waals surface area contributed by atoms with Crippen molar-refractivity contribution in [1.29, 1.82) is 0 Å². The Hall–Kier alpha value is -1.57. The molecule has 0 atom stereocenters. The fraction of sp³-hybridized carbons (Fsp3) is 0.250. The lowest BCUT2D eigenvalue weighted by molar-refractivity contribution is 0.717. The normalized spacial score (nSPS) is 10.2. The van der Waals surface area contributed by atoms with Gasteiger partial charge in [0.1, 0.15) is 12.2 Å². The van der Waals surface area contributed by atoms with Crippen molar-refractivity contribution in [2.24, 2.45) is 5.73 Å². The Bertz CT molecular complexity index is 491. The Balaban J connectivity index is 2.38. The molecule has 2 rings (SSSR count). The third kappa shape index (κ3) is 2.16. The van der Waals surface area contributed by atoms with E-state index in [-0.39, 0.29) is 0 Å². The summed E-state index contributed by atoms with van der Waals surface area (Å²) in [5.74, 6) is 2.58. The molecule has 0 spiro atoms. The fourth-order valence-corrected chi connectivity index (χ4v) is 2.34. The van der Waals surface area contributed by atoms with E-state index in [4.69, 9.17) is 12.2 Å². The molecule has 0 radical (unpaired) electrons. The zero-order valence-electron chi connectivity index (χ0n) is 8.89. The van der Waals surface area contributed by atoms with Gasteiger partial charge in [-0.15, -0.1) is 17.8 Å². The van der Waals surface area contributed by atoms with Crippen LogP contribution in [-0.4, -0.2) is 16.3 Å². The van der Waals surface area contributed by atoms with Gasteiger partial charge in [0, 0.05) is 11.8 Å². The summed E-state index contributed by atoms with van der Waals surface area (Å²) in [6, 6.07) is 4.08. The van der Waals surface area contributed by atoms with Gasteiger partial charge in [-0.25, -0.2) is 0 Å². The van der Waals surface area contributed by atoms with Crippen LogP contribution in [0.15, 0.2) is 23.7 Å². The molecule has 3 nitrogen and oxygen atoms in total. The number of thiophene rings is 1. The Morgan fingerprint density at radius 2 is 2.44 bits per heavy atom. The summed E-state index contributed by atoms with van der Waals surface area (Å²) in [7, 11) is 0. The lowest BCUT2D eigenvalue weighted by Gasteiger charge is -1.96. The molecular weight excluding hydrogens is 218 g/mol. The maximum absolute atomic E-state index is 5.59. The molecule has 2 aromatic heterocycles. The summed E-state index contributed by atoms with van der Waals surface area (Å²) in [5.41, 5.74) is 7.77. The zero-order chi connectivity index (χ0) is 11.4. The van der Waals surface area contributed by atoms with E-state index >= 15 is 0 Å². The number of nitrogens with zero attached hydrogens (tertiary/aromatic N) is 2. The van der Waals surface area contributed by atoms with Gasteiger partial charge in [0.15, 0.2) is 0 Å². The first-order chi connectivity index (χ1) is 7.85. The number of nitrogens with two attached hydrogens (primary N) is 1. The van der Waals surface area contributed by atoms with Crippen molar-refractivity contribution >= 4 is 11.3 Å². The van der Waals surface area contributed by atoms with Gasteiger partial charge in [0.25, 0.3) is 0 Å². The molecule has 0 aliphatic carbocycles. The molecule has 2 heterocycles. The quantitative estimate of drug-likeness (QED) is 0.815. The van der Waals surface area contributed by atoms with E-state index in [9.17, 15) is 0 Å². The van der Waals surface area contributed by atoms with E-state index in [0.717, 1.165) is 12.1 Å². The first kappa shape index (κ1) is 10.9. The van der Waals surface area contributed by atoms with Crippen LogP contribution >= 0.6 is 11.3 Å². The molecule has 0 aliphatic heterocycles. The van der Waals surface area contributed by atoms with Crippen molar-refractivity contribution in [3.05, 3.63) is 29.3 Å². The van der Waals surface area contributed by atoms with E-state index in [0.29, 0.717) is 13.1 Å². The molecular formula is C12H13N3S. The second-order valence-electron chi connectivity index (χ2n) is 3.42. The number of rotatable bonds is 4. The van der Waals surface area contributed by atoms with E-state index in [1.54, 1.807) is 16.0 Å². The number of hydrogen-bond donors (Lipinski definition) is 1. The number of terminal acetylenes is 1. The van der Waals surface area contributed by atoms with Crippen LogP contribution in [-0.2, 0) is 13.0 Å². The van der Waals surface area contributed by atoms with E-state index in [1.165, 1.54) is 10.4 Å². The van der Waals surface area contributed by atoms with Crippen molar-refractivity contribution in [2.45, 2.75) is 13.0 Å². The molecule has 0 aromatic carbocycles. The average molecular weight is 231 g/mol. The maximum Gasteiger partial charge on any atom is 0.106 e. The predicted octanol–water partition coefficient (Wildman–Crippen LogP) is 1.75. The molecule has 0 fully saturated rings. The Morgan fingerprint density at radius 1 is 1.56 bits per heavy atom. The molecule has 0 bridgehead atoms. The Morgan fingerprint density at radius 3 is 3.06 bits per heavy atom. The van der Waals surface area contributed by atoms with Crippen LogP contribution in [0.5, 0.6) is 0 Å². The molecule has 4 heteroatoms. The first-order valence-electron chi connectivity index (χ1n) is 5.09. The summed E-state index contributed by atoms with van der Waals surface area (Å²) in [4.78, 5) is 1.17. The van der Waals surface area contributed by atoms with Crippen LogP contribution in [0.4, 0.5) is 0 Å². The second-order valence-corrected chi connectivity index (χ2v) is 4.37. The highest BCUT2D eigenvalue weighted by Gasteiger charge is 2.10. The fourth-order valence-electron chi connectivity index (χ4n) is 1.60. The summed E-state index contributed by atoms with van der Waals surface area (Å²) in [5, 5.41) is 6.53. The van der Waals surface area contributed by atoms with Gasteiger partial charge in [0.05, 0.1) is 4.88 Å². The van der Waals surface area contributed by atoms with Gasteiger partial charge < -0.3 is 5.73 Å². The lowest BCUT2D eigenvalue weighted by Crippen LogP contribution is -2.02. The molecule has 2 N–H and O–H groups in total. The number of hydrogen-bond acceptors (Lipinski definition) is 3.